The molecule has 1 N–H and O–H groups in total. The highest BCUT2D eigenvalue weighted by Crippen LogP contribution is 2.27. The van der Waals surface area contributed by atoms with Crippen LogP contribution in [0, 0.1) is 6.92 Å². The second-order valence-electron chi connectivity index (χ2n) is 8.16. The molecular weight excluding hydrogens is 431 g/mol. The van der Waals surface area contributed by atoms with E-state index in [0.29, 0.717) is 18.0 Å². The number of halogens is 2. The molecular formula is C25H30Cl2N2O2. The van der Waals surface area contributed by atoms with Crippen LogP contribution in [0.5, 0.6) is 0 Å². The van der Waals surface area contributed by atoms with Crippen molar-refractivity contribution in [2.45, 2.75) is 57.5 Å². The Balaban J connectivity index is 1.90. The van der Waals surface area contributed by atoms with Gasteiger partial charge in [-0.25, -0.2) is 0 Å². The van der Waals surface area contributed by atoms with E-state index >= 15 is 0 Å². The molecule has 0 saturated heterocycles. The van der Waals surface area contributed by atoms with Crippen LogP contribution in [0.25, 0.3) is 0 Å². The molecule has 31 heavy (non-hydrogen) atoms. The molecule has 1 aliphatic carbocycles. The Labute approximate surface area is 194 Å². The summed E-state index contributed by atoms with van der Waals surface area (Å²) in [5, 5.41) is 3.86. The number of hydrogen-bond acceptors (Lipinski definition) is 2. The quantitative estimate of drug-likeness (QED) is 0.532. The van der Waals surface area contributed by atoms with Crippen molar-refractivity contribution in [2.24, 2.45) is 0 Å². The van der Waals surface area contributed by atoms with E-state index in [-0.39, 0.29) is 23.7 Å². The van der Waals surface area contributed by atoms with Crippen LogP contribution in [0.1, 0.15) is 54.8 Å². The first kappa shape index (κ1) is 23.6. The van der Waals surface area contributed by atoms with Gasteiger partial charge in [-0.3, -0.25) is 9.59 Å². The van der Waals surface area contributed by atoms with Gasteiger partial charge in [0.15, 0.2) is 0 Å². The van der Waals surface area contributed by atoms with E-state index in [9.17, 15) is 9.59 Å². The Morgan fingerprint density at radius 3 is 2.42 bits per heavy atom. The minimum absolute atomic E-state index is 0.140. The van der Waals surface area contributed by atoms with Crippen LogP contribution in [0.15, 0.2) is 48.5 Å². The molecule has 1 saturated carbocycles. The number of carbonyl (C=O) groups is 2. The van der Waals surface area contributed by atoms with Crippen molar-refractivity contribution in [1.82, 2.24) is 10.2 Å². The Morgan fingerprint density at radius 2 is 1.74 bits per heavy atom. The Morgan fingerprint density at radius 1 is 1.06 bits per heavy atom. The third-order valence-electron chi connectivity index (χ3n) is 6.01. The zero-order valence-corrected chi connectivity index (χ0v) is 19.5. The standard InChI is InChI=1S/C25H30Cl2N2O2/c1-18-9-5-7-13-21(18)24(25(31)28-20-11-3-2-4-12-20)29(23(30)17-26)16-15-19-10-6-8-14-22(19)27/h5-10,13-14,20,24H,2-4,11-12,15-17H2,1H3,(H,28,31)/t24-/m0/s1. The fourth-order valence-electron chi connectivity index (χ4n) is 4.29. The molecule has 166 valence electrons. The molecule has 2 aromatic rings. The van der Waals surface area contributed by atoms with Gasteiger partial charge in [-0.05, 0) is 48.9 Å². The molecule has 0 aromatic heterocycles. The van der Waals surface area contributed by atoms with E-state index in [1.165, 1.54) is 6.42 Å². The number of nitrogens with zero attached hydrogens (tertiary/aromatic N) is 1. The first-order valence-corrected chi connectivity index (χ1v) is 11.9. The van der Waals surface area contributed by atoms with Crippen molar-refractivity contribution in [3.05, 3.63) is 70.2 Å². The maximum atomic E-state index is 13.5. The van der Waals surface area contributed by atoms with Gasteiger partial charge in [-0.2, -0.15) is 0 Å². The molecule has 3 rings (SSSR count). The lowest BCUT2D eigenvalue weighted by atomic mass is 9.94. The molecule has 0 radical (unpaired) electrons. The number of hydrogen-bond donors (Lipinski definition) is 1. The smallest absolute Gasteiger partial charge is 0.247 e. The number of nitrogens with one attached hydrogen (secondary N) is 1. The molecule has 2 aromatic carbocycles. The zero-order valence-electron chi connectivity index (χ0n) is 17.9. The van der Waals surface area contributed by atoms with E-state index in [2.05, 4.69) is 5.32 Å². The van der Waals surface area contributed by atoms with E-state index in [4.69, 9.17) is 23.2 Å². The number of benzene rings is 2. The summed E-state index contributed by atoms with van der Waals surface area (Å²) >= 11 is 12.3. The summed E-state index contributed by atoms with van der Waals surface area (Å²) in [6.07, 6.45) is 5.96. The van der Waals surface area contributed by atoms with Gasteiger partial charge in [0.1, 0.15) is 11.9 Å². The molecule has 0 spiro atoms. The second kappa shape index (κ2) is 11.5. The normalized spacial score (nSPS) is 15.3. The van der Waals surface area contributed by atoms with Crippen LogP contribution < -0.4 is 5.32 Å². The molecule has 2 amide bonds. The molecule has 1 atom stereocenters. The van der Waals surface area contributed by atoms with Gasteiger partial charge in [0, 0.05) is 17.6 Å². The lowest BCUT2D eigenvalue weighted by Crippen LogP contribution is -2.48. The average molecular weight is 461 g/mol. The maximum absolute atomic E-state index is 13.5. The maximum Gasteiger partial charge on any atom is 0.247 e. The van der Waals surface area contributed by atoms with Crippen LogP contribution in [0.2, 0.25) is 5.02 Å². The van der Waals surface area contributed by atoms with Crippen LogP contribution in [-0.4, -0.2) is 35.2 Å². The van der Waals surface area contributed by atoms with Crippen LogP contribution >= 0.6 is 23.2 Å². The van der Waals surface area contributed by atoms with Gasteiger partial charge >= 0.3 is 0 Å². The van der Waals surface area contributed by atoms with Gasteiger partial charge < -0.3 is 10.2 Å². The topological polar surface area (TPSA) is 49.4 Å². The highest BCUT2D eigenvalue weighted by Gasteiger charge is 2.33. The van der Waals surface area contributed by atoms with Crippen molar-refractivity contribution in [3.8, 4) is 0 Å². The summed E-state index contributed by atoms with van der Waals surface area (Å²) in [5.41, 5.74) is 2.73. The van der Waals surface area contributed by atoms with Crippen LogP contribution in [-0.2, 0) is 16.0 Å². The van der Waals surface area contributed by atoms with Crippen LogP contribution in [0.3, 0.4) is 0 Å². The molecule has 0 unspecified atom stereocenters. The number of carbonyl (C=O) groups excluding carboxylic acids is 2. The highest BCUT2D eigenvalue weighted by molar-refractivity contribution is 6.31. The summed E-state index contributed by atoms with van der Waals surface area (Å²) in [6.45, 7) is 2.32. The highest BCUT2D eigenvalue weighted by atomic mass is 35.5. The van der Waals surface area contributed by atoms with Gasteiger partial charge in [-0.1, -0.05) is 73.3 Å². The van der Waals surface area contributed by atoms with Gasteiger partial charge in [0.25, 0.3) is 0 Å². The molecule has 0 bridgehead atoms. The zero-order chi connectivity index (χ0) is 22.2. The minimum Gasteiger partial charge on any atom is -0.351 e. The van der Waals surface area contributed by atoms with Crippen molar-refractivity contribution in [1.29, 1.82) is 0 Å². The summed E-state index contributed by atoms with van der Waals surface area (Å²) < 4.78 is 0. The molecule has 4 nitrogen and oxygen atoms in total. The third kappa shape index (κ3) is 6.24. The largest absolute Gasteiger partial charge is 0.351 e. The molecule has 6 heteroatoms. The Hall–Kier alpha value is -2.04. The van der Waals surface area contributed by atoms with Crippen molar-refractivity contribution in [2.75, 3.05) is 12.4 Å². The third-order valence-corrected chi connectivity index (χ3v) is 6.61. The van der Waals surface area contributed by atoms with E-state index in [1.54, 1.807) is 4.90 Å². The molecule has 0 aliphatic heterocycles. The lowest BCUT2D eigenvalue weighted by molar-refractivity contribution is -0.139. The summed E-state index contributed by atoms with van der Waals surface area (Å²) in [4.78, 5) is 28.1. The summed E-state index contributed by atoms with van der Waals surface area (Å²) in [5.74, 6) is -0.582. The van der Waals surface area contributed by atoms with E-state index in [1.807, 2.05) is 55.5 Å². The van der Waals surface area contributed by atoms with Gasteiger partial charge in [-0.15, -0.1) is 11.6 Å². The van der Waals surface area contributed by atoms with Crippen molar-refractivity contribution >= 4 is 35.0 Å². The SMILES string of the molecule is Cc1ccccc1[C@@H](C(=O)NC1CCCCC1)N(CCc1ccccc1Cl)C(=O)CCl. The Bertz CT molecular complexity index is 897. The van der Waals surface area contributed by atoms with E-state index < -0.39 is 6.04 Å². The fourth-order valence-corrected chi connectivity index (χ4v) is 4.67. The van der Waals surface area contributed by atoms with Crippen LogP contribution in [0.4, 0.5) is 0 Å². The monoisotopic (exact) mass is 460 g/mol. The fraction of sp³-hybridized carbons (Fsp3) is 0.440. The minimum atomic E-state index is -0.725. The number of rotatable bonds is 8. The molecule has 0 heterocycles. The molecule has 1 fully saturated rings. The first-order chi connectivity index (χ1) is 15.0. The van der Waals surface area contributed by atoms with E-state index in [0.717, 1.165) is 42.4 Å². The first-order valence-electron chi connectivity index (χ1n) is 11.0. The number of aryl methyl sites for hydroxylation is 1. The van der Waals surface area contributed by atoms with Gasteiger partial charge in [0.05, 0.1) is 0 Å². The van der Waals surface area contributed by atoms with Crippen molar-refractivity contribution in [3.63, 3.8) is 0 Å². The summed E-state index contributed by atoms with van der Waals surface area (Å²) in [6, 6.07) is 14.7. The molecule has 1 aliphatic rings. The summed E-state index contributed by atoms with van der Waals surface area (Å²) in [7, 11) is 0. The Kier molecular flexibility index (Phi) is 8.79. The van der Waals surface area contributed by atoms with Gasteiger partial charge in [0.2, 0.25) is 11.8 Å². The average Bonchev–Trinajstić information content (AvgIpc) is 2.78. The lowest BCUT2D eigenvalue weighted by Gasteiger charge is -2.34. The predicted molar refractivity (Wildman–Crippen MR) is 127 cm³/mol. The number of alkyl halides is 1. The number of amides is 2. The second-order valence-corrected chi connectivity index (χ2v) is 8.84. The predicted octanol–water partition coefficient (Wildman–Crippen LogP) is 5.45. The van der Waals surface area contributed by atoms with Crippen molar-refractivity contribution < 1.29 is 9.59 Å².